The molecule has 0 saturated carbocycles. The first kappa shape index (κ1) is 13.0. The van der Waals surface area contributed by atoms with Gasteiger partial charge in [-0.2, -0.15) is 0 Å². The van der Waals surface area contributed by atoms with Crippen molar-refractivity contribution >= 4 is 17.9 Å². The minimum absolute atomic E-state index is 0.214. The highest BCUT2D eigenvalue weighted by Gasteiger charge is 2.08. The van der Waals surface area contributed by atoms with Gasteiger partial charge in [0.15, 0.2) is 0 Å². The number of carbonyl (C=O) groups is 2. The smallest absolute Gasteiger partial charge is 0.255 e. The van der Waals surface area contributed by atoms with Crippen molar-refractivity contribution in [2.24, 2.45) is 0 Å². The molecule has 1 amide bonds. The number of hydrogen-bond acceptors (Lipinski definition) is 2. The van der Waals surface area contributed by atoms with Crippen molar-refractivity contribution in [3.8, 4) is 0 Å². The van der Waals surface area contributed by atoms with Crippen molar-refractivity contribution < 1.29 is 9.59 Å². The number of nitrogens with one attached hydrogen (secondary N) is 1. The van der Waals surface area contributed by atoms with Crippen LogP contribution in [0.3, 0.4) is 0 Å². The Morgan fingerprint density at radius 3 is 2.58 bits per heavy atom. The Morgan fingerprint density at radius 1 is 1.11 bits per heavy atom. The van der Waals surface area contributed by atoms with Gasteiger partial charge in [-0.1, -0.05) is 18.2 Å². The Bertz CT molecular complexity index is 632. The molecule has 0 radical (unpaired) electrons. The molecule has 2 aromatic carbocycles. The average molecular weight is 253 g/mol. The summed E-state index contributed by atoms with van der Waals surface area (Å²) in [5, 5.41) is 2.81. The van der Waals surface area contributed by atoms with Crippen LogP contribution in [0.2, 0.25) is 0 Å². The lowest BCUT2D eigenvalue weighted by molar-refractivity contribution is 0.102. The van der Waals surface area contributed by atoms with E-state index in [4.69, 9.17) is 0 Å². The molecule has 0 aromatic heterocycles. The molecule has 3 heteroatoms. The molecule has 0 aliphatic carbocycles. The monoisotopic (exact) mass is 253 g/mol. The van der Waals surface area contributed by atoms with Gasteiger partial charge in [-0.05, 0) is 49.2 Å². The molecule has 0 fully saturated rings. The van der Waals surface area contributed by atoms with Gasteiger partial charge >= 0.3 is 0 Å². The van der Waals surface area contributed by atoms with Gasteiger partial charge in [0.1, 0.15) is 6.29 Å². The zero-order chi connectivity index (χ0) is 13.8. The molecule has 2 rings (SSSR count). The summed E-state index contributed by atoms with van der Waals surface area (Å²) < 4.78 is 0. The van der Waals surface area contributed by atoms with E-state index < -0.39 is 0 Å². The first-order valence-electron chi connectivity index (χ1n) is 6.04. The number of aldehydes is 1. The number of benzene rings is 2. The largest absolute Gasteiger partial charge is 0.322 e. The Balaban J connectivity index is 2.23. The summed E-state index contributed by atoms with van der Waals surface area (Å²) in [5.74, 6) is -0.214. The minimum atomic E-state index is -0.214. The summed E-state index contributed by atoms with van der Waals surface area (Å²) in [6.45, 7) is 3.80. The molecule has 0 aliphatic heterocycles. The van der Waals surface area contributed by atoms with Gasteiger partial charge in [-0.25, -0.2) is 0 Å². The van der Waals surface area contributed by atoms with Gasteiger partial charge in [0, 0.05) is 16.8 Å². The second-order valence-corrected chi connectivity index (χ2v) is 4.51. The lowest BCUT2D eigenvalue weighted by Gasteiger charge is -2.07. The zero-order valence-corrected chi connectivity index (χ0v) is 10.9. The van der Waals surface area contributed by atoms with Gasteiger partial charge in [-0.3, -0.25) is 9.59 Å². The van der Waals surface area contributed by atoms with Crippen LogP contribution in [0.1, 0.15) is 31.8 Å². The average Bonchev–Trinajstić information content (AvgIpc) is 2.39. The number of anilines is 1. The Hall–Kier alpha value is -2.42. The highest BCUT2D eigenvalue weighted by atomic mass is 16.1. The number of aryl methyl sites for hydroxylation is 2. The van der Waals surface area contributed by atoms with Crippen molar-refractivity contribution in [2.75, 3.05) is 5.32 Å². The summed E-state index contributed by atoms with van der Waals surface area (Å²) >= 11 is 0. The molecule has 0 heterocycles. The maximum absolute atomic E-state index is 12.1. The number of rotatable bonds is 3. The molecule has 0 unspecified atom stereocenters. The molecule has 0 saturated heterocycles. The third-order valence-electron chi connectivity index (χ3n) is 2.94. The molecule has 19 heavy (non-hydrogen) atoms. The van der Waals surface area contributed by atoms with E-state index in [2.05, 4.69) is 5.32 Å². The molecule has 0 atom stereocenters. The van der Waals surface area contributed by atoms with Gasteiger partial charge in [0.2, 0.25) is 0 Å². The molecule has 2 aromatic rings. The second-order valence-electron chi connectivity index (χ2n) is 4.51. The predicted octanol–water partition coefficient (Wildman–Crippen LogP) is 3.37. The third kappa shape index (κ3) is 3.07. The fourth-order valence-corrected chi connectivity index (χ4v) is 1.83. The van der Waals surface area contributed by atoms with Crippen molar-refractivity contribution in [3.63, 3.8) is 0 Å². The molecule has 0 bridgehead atoms. The standard InChI is InChI=1S/C16H15NO2/c1-11-4-3-5-15(8-11)17-16(19)13-7-6-12(2)14(9-13)10-18/h3-10H,1-2H3,(H,17,19). The summed E-state index contributed by atoms with van der Waals surface area (Å²) in [7, 11) is 0. The topological polar surface area (TPSA) is 46.2 Å². The van der Waals surface area contributed by atoms with Crippen molar-refractivity contribution in [3.05, 3.63) is 64.7 Å². The number of amides is 1. The molecule has 96 valence electrons. The maximum atomic E-state index is 12.1. The van der Waals surface area contributed by atoms with Gasteiger partial charge < -0.3 is 5.32 Å². The van der Waals surface area contributed by atoms with Crippen molar-refractivity contribution in [1.29, 1.82) is 0 Å². The van der Waals surface area contributed by atoms with E-state index in [1.807, 2.05) is 38.1 Å². The van der Waals surface area contributed by atoms with Gasteiger partial charge in [0.05, 0.1) is 0 Å². The molecule has 0 spiro atoms. The summed E-state index contributed by atoms with van der Waals surface area (Å²) in [6.07, 6.45) is 0.763. The molecule has 1 N–H and O–H groups in total. The summed E-state index contributed by atoms with van der Waals surface area (Å²) in [4.78, 5) is 23.0. The number of hydrogen-bond donors (Lipinski definition) is 1. The van der Waals surface area contributed by atoms with E-state index >= 15 is 0 Å². The fourth-order valence-electron chi connectivity index (χ4n) is 1.83. The van der Waals surface area contributed by atoms with Gasteiger partial charge in [0.25, 0.3) is 5.91 Å². The lowest BCUT2D eigenvalue weighted by atomic mass is 10.1. The van der Waals surface area contributed by atoms with E-state index in [1.165, 1.54) is 0 Å². The van der Waals surface area contributed by atoms with Crippen molar-refractivity contribution in [2.45, 2.75) is 13.8 Å². The Kier molecular flexibility index (Phi) is 3.76. The van der Waals surface area contributed by atoms with E-state index in [1.54, 1.807) is 18.2 Å². The van der Waals surface area contributed by atoms with Crippen molar-refractivity contribution in [1.82, 2.24) is 0 Å². The summed E-state index contributed by atoms with van der Waals surface area (Å²) in [5.41, 5.74) is 3.71. The van der Waals surface area contributed by atoms with Crippen LogP contribution in [0, 0.1) is 13.8 Å². The molecule has 3 nitrogen and oxygen atoms in total. The van der Waals surface area contributed by atoms with E-state index in [0.717, 1.165) is 23.1 Å². The Morgan fingerprint density at radius 2 is 1.89 bits per heavy atom. The van der Waals surface area contributed by atoms with Gasteiger partial charge in [-0.15, -0.1) is 0 Å². The first-order valence-corrected chi connectivity index (χ1v) is 6.04. The molecular weight excluding hydrogens is 238 g/mol. The third-order valence-corrected chi connectivity index (χ3v) is 2.94. The quantitative estimate of drug-likeness (QED) is 0.852. The van der Waals surface area contributed by atoms with E-state index in [0.29, 0.717) is 11.1 Å². The normalized spacial score (nSPS) is 10.0. The summed E-state index contributed by atoms with van der Waals surface area (Å²) in [6, 6.07) is 12.7. The van der Waals surface area contributed by atoms with Crippen LogP contribution in [-0.4, -0.2) is 12.2 Å². The lowest BCUT2D eigenvalue weighted by Crippen LogP contribution is -2.12. The van der Waals surface area contributed by atoms with E-state index in [9.17, 15) is 9.59 Å². The molecule has 0 aliphatic rings. The van der Waals surface area contributed by atoms with Crippen LogP contribution < -0.4 is 5.32 Å². The van der Waals surface area contributed by atoms with Crippen LogP contribution in [0.15, 0.2) is 42.5 Å². The van der Waals surface area contributed by atoms with Crippen LogP contribution in [0.5, 0.6) is 0 Å². The highest BCUT2D eigenvalue weighted by molar-refractivity contribution is 6.05. The molecular formula is C16H15NO2. The maximum Gasteiger partial charge on any atom is 0.255 e. The zero-order valence-electron chi connectivity index (χ0n) is 10.9. The second kappa shape index (κ2) is 5.48. The van der Waals surface area contributed by atoms with Crippen LogP contribution in [-0.2, 0) is 0 Å². The van der Waals surface area contributed by atoms with Crippen LogP contribution >= 0.6 is 0 Å². The van der Waals surface area contributed by atoms with Crippen LogP contribution in [0.4, 0.5) is 5.69 Å². The van der Waals surface area contributed by atoms with Crippen LogP contribution in [0.25, 0.3) is 0 Å². The predicted molar refractivity (Wildman–Crippen MR) is 75.7 cm³/mol. The Labute approximate surface area is 112 Å². The highest BCUT2D eigenvalue weighted by Crippen LogP contribution is 2.13. The minimum Gasteiger partial charge on any atom is -0.322 e. The van der Waals surface area contributed by atoms with E-state index in [-0.39, 0.29) is 5.91 Å². The number of carbonyl (C=O) groups excluding carboxylic acids is 2. The first-order chi connectivity index (χ1) is 9.10. The SMILES string of the molecule is Cc1cccc(NC(=O)c2ccc(C)c(C=O)c2)c1. The fraction of sp³-hybridized carbons (Fsp3) is 0.125.